The average molecular weight is 261 g/mol. The van der Waals surface area contributed by atoms with Crippen molar-refractivity contribution in [3.05, 3.63) is 24.3 Å². The Morgan fingerprint density at radius 3 is 2.42 bits per heavy atom. The number of carbonyl (C=O) groups excluding carboxylic acids is 2. The molecule has 0 aliphatic carbocycles. The summed E-state index contributed by atoms with van der Waals surface area (Å²) >= 11 is 0. The van der Waals surface area contributed by atoms with Crippen molar-refractivity contribution in [3.8, 4) is 0 Å². The molecule has 0 spiro atoms. The number of hydrogen-bond donors (Lipinski definition) is 2. The van der Waals surface area contributed by atoms with Crippen LogP contribution in [-0.2, 0) is 9.59 Å². The zero-order chi connectivity index (χ0) is 14.0. The molecule has 5 nitrogen and oxygen atoms in total. The van der Waals surface area contributed by atoms with Gasteiger partial charge in [0.15, 0.2) is 0 Å². The van der Waals surface area contributed by atoms with E-state index in [9.17, 15) is 9.59 Å². The van der Waals surface area contributed by atoms with E-state index in [0.717, 1.165) is 11.4 Å². The van der Waals surface area contributed by atoms with Crippen LogP contribution in [0.1, 0.15) is 13.3 Å². The average Bonchev–Trinajstić information content (AvgIpc) is 2.71. The maximum atomic E-state index is 12.2. The molecule has 2 N–H and O–H groups in total. The second-order valence-electron chi connectivity index (χ2n) is 5.41. The zero-order valence-corrected chi connectivity index (χ0v) is 11.5. The number of nitrogens with one attached hydrogen (secondary N) is 2. The van der Waals surface area contributed by atoms with Gasteiger partial charge in [-0.25, -0.2) is 0 Å². The Morgan fingerprint density at radius 1 is 1.32 bits per heavy atom. The third kappa shape index (κ3) is 2.86. The molecule has 1 saturated heterocycles. The van der Waals surface area contributed by atoms with E-state index >= 15 is 0 Å². The Hall–Kier alpha value is -2.04. The van der Waals surface area contributed by atoms with Gasteiger partial charge in [0.05, 0.1) is 5.41 Å². The van der Waals surface area contributed by atoms with Gasteiger partial charge >= 0.3 is 0 Å². The summed E-state index contributed by atoms with van der Waals surface area (Å²) in [7, 11) is 3.93. The van der Waals surface area contributed by atoms with E-state index in [4.69, 9.17) is 0 Å². The first kappa shape index (κ1) is 13.4. The molecule has 102 valence electrons. The van der Waals surface area contributed by atoms with Gasteiger partial charge in [0, 0.05) is 38.4 Å². The fourth-order valence-electron chi connectivity index (χ4n) is 2.06. The molecule has 0 aromatic heterocycles. The summed E-state index contributed by atoms with van der Waals surface area (Å²) in [5.74, 6) is -0.191. The molecule has 0 saturated carbocycles. The SMILES string of the molecule is CN(C)c1ccc(NC(=O)C2(C)CNC(=O)C2)cc1. The minimum absolute atomic E-state index is 0.0689. The van der Waals surface area contributed by atoms with Crippen molar-refractivity contribution < 1.29 is 9.59 Å². The van der Waals surface area contributed by atoms with E-state index < -0.39 is 5.41 Å². The van der Waals surface area contributed by atoms with Crippen LogP contribution in [0.4, 0.5) is 11.4 Å². The Kier molecular flexibility index (Phi) is 3.46. The summed E-state index contributed by atoms with van der Waals surface area (Å²) in [6, 6.07) is 7.60. The molecule has 1 aromatic carbocycles. The van der Waals surface area contributed by atoms with Crippen LogP contribution in [0.15, 0.2) is 24.3 Å². The summed E-state index contributed by atoms with van der Waals surface area (Å²) in [6.45, 7) is 2.20. The van der Waals surface area contributed by atoms with Crippen LogP contribution in [0.5, 0.6) is 0 Å². The number of hydrogen-bond acceptors (Lipinski definition) is 3. The highest BCUT2D eigenvalue weighted by Crippen LogP contribution is 2.27. The number of rotatable bonds is 3. The van der Waals surface area contributed by atoms with Crippen molar-refractivity contribution in [3.63, 3.8) is 0 Å². The predicted octanol–water partition coefficient (Wildman–Crippen LogP) is 1.22. The Bertz CT molecular complexity index is 496. The van der Waals surface area contributed by atoms with E-state index in [1.165, 1.54) is 0 Å². The minimum atomic E-state index is -0.655. The second-order valence-corrected chi connectivity index (χ2v) is 5.41. The zero-order valence-electron chi connectivity index (χ0n) is 11.5. The molecule has 1 atom stereocenters. The van der Waals surface area contributed by atoms with E-state index in [1.807, 2.05) is 43.3 Å². The molecule has 1 unspecified atom stereocenters. The Labute approximate surface area is 113 Å². The normalized spacial score (nSPS) is 21.9. The molecule has 5 heteroatoms. The van der Waals surface area contributed by atoms with E-state index in [-0.39, 0.29) is 18.2 Å². The smallest absolute Gasteiger partial charge is 0.232 e. The van der Waals surface area contributed by atoms with Crippen LogP contribution < -0.4 is 15.5 Å². The van der Waals surface area contributed by atoms with Crippen molar-refractivity contribution in [1.82, 2.24) is 5.32 Å². The van der Waals surface area contributed by atoms with Gasteiger partial charge in [-0.15, -0.1) is 0 Å². The number of nitrogens with zero attached hydrogens (tertiary/aromatic N) is 1. The molecule has 2 rings (SSSR count). The highest BCUT2D eigenvalue weighted by molar-refractivity contribution is 5.99. The fourth-order valence-corrected chi connectivity index (χ4v) is 2.06. The molecular formula is C14H19N3O2. The lowest BCUT2D eigenvalue weighted by atomic mass is 9.88. The molecule has 0 radical (unpaired) electrons. The van der Waals surface area contributed by atoms with Gasteiger partial charge in [0.1, 0.15) is 0 Å². The molecular weight excluding hydrogens is 242 g/mol. The van der Waals surface area contributed by atoms with E-state index in [0.29, 0.717) is 6.54 Å². The van der Waals surface area contributed by atoms with Gasteiger partial charge in [-0.1, -0.05) is 0 Å². The number of amides is 2. The van der Waals surface area contributed by atoms with Crippen molar-refractivity contribution >= 4 is 23.2 Å². The van der Waals surface area contributed by atoms with Crippen LogP contribution in [0.25, 0.3) is 0 Å². The second kappa shape index (κ2) is 4.91. The van der Waals surface area contributed by atoms with Gasteiger partial charge in [0.2, 0.25) is 11.8 Å². The van der Waals surface area contributed by atoms with Crippen LogP contribution in [0, 0.1) is 5.41 Å². The van der Waals surface area contributed by atoms with Gasteiger partial charge < -0.3 is 15.5 Å². The lowest BCUT2D eigenvalue weighted by molar-refractivity contribution is -0.126. The molecule has 1 aliphatic heterocycles. The fraction of sp³-hybridized carbons (Fsp3) is 0.429. The van der Waals surface area contributed by atoms with Crippen molar-refractivity contribution in [2.45, 2.75) is 13.3 Å². The highest BCUT2D eigenvalue weighted by Gasteiger charge is 2.40. The first-order valence-electron chi connectivity index (χ1n) is 6.26. The molecule has 1 aliphatic rings. The molecule has 1 aromatic rings. The molecule has 0 bridgehead atoms. The van der Waals surface area contributed by atoms with E-state index in [1.54, 1.807) is 6.92 Å². The standard InChI is InChI=1S/C14H19N3O2/c1-14(8-12(18)15-9-14)13(19)16-10-4-6-11(7-5-10)17(2)3/h4-7H,8-9H2,1-3H3,(H,15,18)(H,16,19). The maximum absolute atomic E-state index is 12.2. The monoisotopic (exact) mass is 261 g/mol. The quantitative estimate of drug-likeness (QED) is 0.860. The Balaban J connectivity index is 2.05. The predicted molar refractivity (Wildman–Crippen MR) is 75.1 cm³/mol. The van der Waals surface area contributed by atoms with Gasteiger partial charge in [0.25, 0.3) is 0 Å². The summed E-state index contributed by atoms with van der Waals surface area (Å²) in [5, 5.41) is 5.56. The largest absolute Gasteiger partial charge is 0.378 e. The summed E-state index contributed by atoms with van der Waals surface area (Å²) in [6.07, 6.45) is 0.245. The number of benzene rings is 1. The lowest BCUT2D eigenvalue weighted by Gasteiger charge is -2.20. The number of carbonyl (C=O) groups is 2. The first-order chi connectivity index (χ1) is 8.90. The maximum Gasteiger partial charge on any atom is 0.232 e. The van der Waals surface area contributed by atoms with Crippen molar-refractivity contribution in [2.75, 3.05) is 30.9 Å². The van der Waals surface area contributed by atoms with Gasteiger partial charge in [-0.05, 0) is 31.2 Å². The summed E-state index contributed by atoms with van der Waals surface area (Å²) < 4.78 is 0. The highest BCUT2D eigenvalue weighted by atomic mass is 16.2. The third-order valence-corrected chi connectivity index (χ3v) is 3.42. The summed E-state index contributed by atoms with van der Waals surface area (Å²) in [4.78, 5) is 25.4. The lowest BCUT2D eigenvalue weighted by Crippen LogP contribution is -2.35. The number of anilines is 2. The van der Waals surface area contributed by atoms with Crippen molar-refractivity contribution in [2.24, 2.45) is 5.41 Å². The Morgan fingerprint density at radius 2 is 1.95 bits per heavy atom. The van der Waals surface area contributed by atoms with E-state index in [2.05, 4.69) is 10.6 Å². The van der Waals surface area contributed by atoms with Crippen molar-refractivity contribution in [1.29, 1.82) is 0 Å². The molecule has 2 amide bonds. The van der Waals surface area contributed by atoms with Crippen LogP contribution in [0.2, 0.25) is 0 Å². The summed E-state index contributed by atoms with van der Waals surface area (Å²) in [5.41, 5.74) is 1.16. The molecule has 1 heterocycles. The minimum Gasteiger partial charge on any atom is -0.378 e. The van der Waals surface area contributed by atoms with Gasteiger partial charge in [-0.2, -0.15) is 0 Å². The first-order valence-corrected chi connectivity index (χ1v) is 6.26. The van der Waals surface area contributed by atoms with Crippen LogP contribution in [-0.4, -0.2) is 32.5 Å². The third-order valence-electron chi connectivity index (χ3n) is 3.42. The van der Waals surface area contributed by atoms with Crippen LogP contribution in [0.3, 0.4) is 0 Å². The molecule has 1 fully saturated rings. The van der Waals surface area contributed by atoms with Gasteiger partial charge in [-0.3, -0.25) is 9.59 Å². The molecule has 19 heavy (non-hydrogen) atoms. The topological polar surface area (TPSA) is 61.4 Å². The van der Waals surface area contributed by atoms with Crippen LogP contribution >= 0.6 is 0 Å².